The Balaban J connectivity index is 4.38. The van der Waals surface area contributed by atoms with Crippen LogP contribution in [-0.4, -0.2) is 37.2 Å². The van der Waals surface area contributed by atoms with Gasteiger partial charge in [0.25, 0.3) is 0 Å². The van der Waals surface area contributed by atoms with Gasteiger partial charge in [-0.2, -0.15) is 0 Å². The van der Waals surface area contributed by atoms with Crippen molar-refractivity contribution in [3.63, 3.8) is 0 Å². The first-order valence-electron chi connectivity index (χ1n) is 32.4. The van der Waals surface area contributed by atoms with E-state index in [1.165, 1.54) is 205 Å². The molecule has 0 bridgehead atoms. The minimum atomic E-state index is -0.805. The molecule has 0 rings (SSSR count). The van der Waals surface area contributed by atoms with Crippen LogP contribution in [0.1, 0.15) is 329 Å². The van der Waals surface area contributed by atoms with E-state index < -0.39 is 6.10 Å². The Labute approximate surface area is 465 Å². The molecule has 0 aromatic heterocycles. The van der Waals surface area contributed by atoms with Crippen LogP contribution in [0.15, 0.2) is 72.9 Å². The van der Waals surface area contributed by atoms with Gasteiger partial charge in [0, 0.05) is 19.3 Å². The van der Waals surface area contributed by atoms with Crippen LogP contribution in [0.2, 0.25) is 0 Å². The summed E-state index contributed by atoms with van der Waals surface area (Å²) in [4.78, 5) is 38.3. The van der Waals surface area contributed by atoms with Crippen LogP contribution in [0.25, 0.3) is 0 Å². The zero-order chi connectivity index (χ0) is 54.3. The van der Waals surface area contributed by atoms with Gasteiger partial charge < -0.3 is 14.2 Å². The highest BCUT2D eigenvalue weighted by Gasteiger charge is 2.19. The van der Waals surface area contributed by atoms with Gasteiger partial charge in [-0.25, -0.2) is 0 Å². The van der Waals surface area contributed by atoms with E-state index in [4.69, 9.17) is 14.2 Å². The third kappa shape index (κ3) is 61.6. The molecule has 0 fully saturated rings. The lowest BCUT2D eigenvalue weighted by molar-refractivity contribution is -0.167. The average Bonchev–Trinajstić information content (AvgIpc) is 3.41. The fourth-order valence-electron chi connectivity index (χ4n) is 9.36. The highest BCUT2D eigenvalue weighted by molar-refractivity contribution is 5.71. The largest absolute Gasteiger partial charge is 0.462 e. The predicted molar refractivity (Wildman–Crippen MR) is 325 cm³/mol. The van der Waals surface area contributed by atoms with Gasteiger partial charge in [-0.15, -0.1) is 0 Å². The molecule has 0 heterocycles. The van der Waals surface area contributed by atoms with Crippen molar-refractivity contribution in [3.8, 4) is 0 Å². The molecule has 0 radical (unpaired) electrons. The molecule has 0 aromatic rings. The monoisotopic (exact) mass is 1050 g/mol. The van der Waals surface area contributed by atoms with Crippen molar-refractivity contribution in [2.75, 3.05) is 13.2 Å². The summed E-state index contributed by atoms with van der Waals surface area (Å²) in [6, 6.07) is 0. The average molecular weight is 1050 g/mol. The molecule has 0 aromatic carbocycles. The van der Waals surface area contributed by atoms with Crippen molar-refractivity contribution in [3.05, 3.63) is 72.9 Å². The minimum Gasteiger partial charge on any atom is -0.462 e. The SMILES string of the molecule is CC/C=C\C/C=C\C/C=C\C/C=C\C/C=C\CCCC(=O)OC(COC(=O)CCCCCCCCCCCCC/C=C\CCCCCCCCCC)COC(=O)CCCCCCCCCCCCCCCCCCC. The highest BCUT2D eigenvalue weighted by atomic mass is 16.6. The van der Waals surface area contributed by atoms with Gasteiger partial charge in [-0.05, 0) is 83.5 Å². The molecule has 1 unspecified atom stereocenters. The van der Waals surface area contributed by atoms with E-state index in [0.717, 1.165) is 77.0 Å². The van der Waals surface area contributed by atoms with Crippen LogP contribution in [0.3, 0.4) is 0 Å². The molecule has 0 spiro atoms. The van der Waals surface area contributed by atoms with Crippen molar-refractivity contribution in [2.45, 2.75) is 335 Å². The summed E-state index contributed by atoms with van der Waals surface area (Å²) in [6.07, 6.45) is 82.0. The summed E-state index contributed by atoms with van der Waals surface area (Å²) in [7, 11) is 0. The normalized spacial score (nSPS) is 12.5. The van der Waals surface area contributed by atoms with Gasteiger partial charge >= 0.3 is 17.9 Å². The van der Waals surface area contributed by atoms with Crippen LogP contribution >= 0.6 is 0 Å². The Morgan fingerprint density at radius 1 is 0.280 bits per heavy atom. The Hall–Kier alpha value is -3.15. The summed E-state index contributed by atoms with van der Waals surface area (Å²) >= 11 is 0. The molecule has 0 amide bonds. The second kappa shape index (κ2) is 63.4. The number of carbonyl (C=O) groups is 3. The van der Waals surface area contributed by atoms with E-state index in [2.05, 4.69) is 93.7 Å². The van der Waals surface area contributed by atoms with Crippen LogP contribution in [0.5, 0.6) is 0 Å². The lowest BCUT2D eigenvalue weighted by Crippen LogP contribution is -2.30. The molecular formula is C69H122O6. The lowest BCUT2D eigenvalue weighted by atomic mass is 10.0. The van der Waals surface area contributed by atoms with Gasteiger partial charge in [-0.1, -0.05) is 299 Å². The Bertz CT molecular complexity index is 1390. The summed E-state index contributed by atoms with van der Waals surface area (Å²) < 4.78 is 16.9. The predicted octanol–water partition coefficient (Wildman–Crippen LogP) is 22.1. The molecule has 0 aliphatic rings. The first-order valence-corrected chi connectivity index (χ1v) is 32.4. The van der Waals surface area contributed by atoms with Crippen LogP contribution in [-0.2, 0) is 28.6 Å². The number of ether oxygens (including phenoxy) is 3. The van der Waals surface area contributed by atoms with Crippen molar-refractivity contribution < 1.29 is 28.6 Å². The summed E-state index contributed by atoms with van der Waals surface area (Å²) in [5.41, 5.74) is 0. The molecular weight excluding hydrogens is 925 g/mol. The van der Waals surface area contributed by atoms with E-state index in [1.54, 1.807) is 0 Å². The standard InChI is InChI=1S/C69H122O6/c1-4-7-10-13-16-19-22-25-28-31-32-33-34-35-36-39-41-44-47-50-53-56-59-62-68(71)74-65-66(75-69(72)63-60-57-54-51-48-45-42-38-30-27-24-21-18-15-12-9-6-3)64-73-67(70)61-58-55-52-49-46-43-40-37-29-26-23-20-17-14-11-8-5-2/h9,12,18,21,27,30-32,42,45,51,54,66H,4-8,10-11,13-17,19-20,22-26,28-29,33-41,43-44,46-50,52-53,55-65H2,1-3H3/b12-9-,21-18-,30-27-,32-31-,45-42-,54-51-. The van der Waals surface area contributed by atoms with Crippen LogP contribution in [0.4, 0.5) is 0 Å². The number of carbonyl (C=O) groups excluding carboxylic acids is 3. The maximum Gasteiger partial charge on any atom is 0.306 e. The summed E-state index contributed by atoms with van der Waals surface area (Å²) in [5.74, 6) is -0.937. The van der Waals surface area contributed by atoms with Crippen molar-refractivity contribution in [1.82, 2.24) is 0 Å². The first kappa shape index (κ1) is 71.8. The smallest absolute Gasteiger partial charge is 0.306 e. The highest BCUT2D eigenvalue weighted by Crippen LogP contribution is 2.17. The molecule has 75 heavy (non-hydrogen) atoms. The number of esters is 3. The maximum absolute atomic E-state index is 12.9. The fraction of sp³-hybridized carbons (Fsp3) is 0.783. The molecule has 1 atom stereocenters. The van der Waals surface area contributed by atoms with E-state index >= 15 is 0 Å². The van der Waals surface area contributed by atoms with Crippen molar-refractivity contribution in [2.24, 2.45) is 0 Å². The van der Waals surface area contributed by atoms with E-state index in [-0.39, 0.29) is 37.5 Å². The van der Waals surface area contributed by atoms with E-state index in [1.807, 2.05) is 0 Å². The maximum atomic E-state index is 12.9. The minimum absolute atomic E-state index is 0.0949. The first-order chi connectivity index (χ1) is 37.0. The number of hydrogen-bond donors (Lipinski definition) is 0. The second-order valence-corrected chi connectivity index (χ2v) is 21.6. The number of allylic oxidation sites excluding steroid dienone is 12. The molecule has 434 valence electrons. The van der Waals surface area contributed by atoms with Gasteiger partial charge in [-0.3, -0.25) is 14.4 Å². The number of rotatable bonds is 59. The third-order valence-corrected chi connectivity index (χ3v) is 14.2. The van der Waals surface area contributed by atoms with E-state index in [9.17, 15) is 14.4 Å². The van der Waals surface area contributed by atoms with Crippen molar-refractivity contribution in [1.29, 1.82) is 0 Å². The Kier molecular flexibility index (Phi) is 60.7. The van der Waals surface area contributed by atoms with Gasteiger partial charge in [0.15, 0.2) is 6.10 Å². The molecule has 6 nitrogen and oxygen atoms in total. The second-order valence-electron chi connectivity index (χ2n) is 21.6. The molecule has 0 N–H and O–H groups in total. The van der Waals surface area contributed by atoms with E-state index in [0.29, 0.717) is 19.3 Å². The zero-order valence-electron chi connectivity index (χ0n) is 49.8. The molecule has 0 aliphatic carbocycles. The fourth-order valence-corrected chi connectivity index (χ4v) is 9.36. The number of unbranched alkanes of at least 4 members (excludes halogenated alkanes) is 36. The van der Waals surface area contributed by atoms with Gasteiger partial charge in [0.2, 0.25) is 0 Å². The third-order valence-electron chi connectivity index (χ3n) is 14.2. The molecule has 0 saturated heterocycles. The topological polar surface area (TPSA) is 78.9 Å². The van der Waals surface area contributed by atoms with Crippen molar-refractivity contribution >= 4 is 17.9 Å². The zero-order valence-corrected chi connectivity index (χ0v) is 49.8. The summed E-state index contributed by atoms with van der Waals surface area (Å²) in [6.45, 7) is 6.53. The lowest BCUT2D eigenvalue weighted by Gasteiger charge is -2.18. The molecule has 0 aliphatic heterocycles. The van der Waals surface area contributed by atoms with Crippen LogP contribution < -0.4 is 0 Å². The Morgan fingerprint density at radius 3 is 0.867 bits per heavy atom. The molecule has 0 saturated carbocycles. The van der Waals surface area contributed by atoms with Crippen LogP contribution in [0, 0.1) is 0 Å². The van der Waals surface area contributed by atoms with Gasteiger partial charge in [0.05, 0.1) is 0 Å². The summed E-state index contributed by atoms with van der Waals surface area (Å²) in [5, 5.41) is 0. The Morgan fingerprint density at radius 2 is 0.533 bits per heavy atom. The van der Waals surface area contributed by atoms with Gasteiger partial charge in [0.1, 0.15) is 13.2 Å². The quantitative estimate of drug-likeness (QED) is 0.0261. The molecule has 6 heteroatoms. The number of hydrogen-bond acceptors (Lipinski definition) is 6.